The van der Waals surface area contributed by atoms with Crippen LogP contribution in [0.5, 0.6) is 0 Å². The molecule has 0 unspecified atom stereocenters. The van der Waals surface area contributed by atoms with E-state index in [4.69, 9.17) is 9.31 Å². The van der Waals surface area contributed by atoms with Gasteiger partial charge in [-0.2, -0.15) is 5.26 Å². The van der Waals surface area contributed by atoms with Crippen molar-refractivity contribution in [2.75, 3.05) is 0 Å². The van der Waals surface area contributed by atoms with Crippen LogP contribution < -0.4 is 5.46 Å². The highest BCUT2D eigenvalue weighted by atomic mass is 16.7. The van der Waals surface area contributed by atoms with Gasteiger partial charge in [0.05, 0.1) is 22.7 Å². The molecule has 4 heteroatoms. The predicted molar refractivity (Wildman–Crippen MR) is 87.9 cm³/mol. The second kappa shape index (κ2) is 5.11. The Balaban J connectivity index is 1.92. The molecule has 3 rings (SSSR count). The molecule has 0 N–H and O–H groups in total. The van der Waals surface area contributed by atoms with Crippen molar-refractivity contribution in [2.45, 2.75) is 70.0 Å². The van der Waals surface area contributed by atoms with Crippen molar-refractivity contribution in [3.8, 4) is 6.07 Å². The number of hydrogen-bond donors (Lipinski definition) is 0. The minimum absolute atomic E-state index is 0.320. The molecule has 0 aromatic heterocycles. The Morgan fingerprint density at radius 1 is 1.05 bits per heavy atom. The van der Waals surface area contributed by atoms with E-state index < -0.39 is 0 Å². The highest BCUT2D eigenvalue weighted by Gasteiger charge is 2.52. The Kier molecular flexibility index (Phi) is 3.62. The summed E-state index contributed by atoms with van der Waals surface area (Å²) in [5.41, 5.74) is 1.12. The van der Waals surface area contributed by atoms with Gasteiger partial charge < -0.3 is 9.31 Å². The summed E-state index contributed by atoms with van der Waals surface area (Å²) in [6, 6.07) is 10.8. The number of hydrogen-bond acceptors (Lipinski definition) is 3. The van der Waals surface area contributed by atoms with Gasteiger partial charge >= 0.3 is 7.12 Å². The first-order valence-corrected chi connectivity index (χ1v) is 8.17. The van der Waals surface area contributed by atoms with Gasteiger partial charge in [-0.05, 0) is 51.6 Å². The van der Waals surface area contributed by atoms with Gasteiger partial charge in [0.25, 0.3) is 0 Å². The van der Waals surface area contributed by atoms with Crippen LogP contribution in [0.4, 0.5) is 0 Å². The molecule has 0 bridgehead atoms. The second-order valence-electron chi connectivity index (χ2n) is 7.61. The first-order chi connectivity index (χ1) is 10.3. The van der Waals surface area contributed by atoms with Crippen molar-refractivity contribution in [3.05, 3.63) is 29.8 Å². The normalized spacial score (nSPS) is 25.1. The highest BCUT2D eigenvalue weighted by molar-refractivity contribution is 6.62. The van der Waals surface area contributed by atoms with Crippen LogP contribution >= 0.6 is 0 Å². The van der Waals surface area contributed by atoms with E-state index in [0.717, 1.165) is 36.7 Å². The molecular weight excluding hydrogens is 273 g/mol. The molecule has 1 saturated heterocycles. The molecule has 1 aliphatic heterocycles. The zero-order valence-corrected chi connectivity index (χ0v) is 14.0. The molecule has 2 aliphatic rings. The van der Waals surface area contributed by atoms with Crippen molar-refractivity contribution in [2.24, 2.45) is 0 Å². The van der Waals surface area contributed by atoms with Gasteiger partial charge in [0.2, 0.25) is 0 Å². The van der Waals surface area contributed by atoms with Crippen molar-refractivity contribution >= 4 is 12.6 Å². The van der Waals surface area contributed by atoms with Gasteiger partial charge in [0.1, 0.15) is 0 Å². The average Bonchev–Trinajstić information content (AvgIpc) is 3.03. The zero-order valence-electron chi connectivity index (χ0n) is 14.0. The summed E-state index contributed by atoms with van der Waals surface area (Å²) in [4.78, 5) is 0. The molecule has 2 fully saturated rings. The van der Waals surface area contributed by atoms with E-state index in [0.29, 0.717) is 0 Å². The van der Waals surface area contributed by atoms with E-state index in [2.05, 4.69) is 45.9 Å². The lowest BCUT2D eigenvalue weighted by atomic mass is 9.73. The summed E-state index contributed by atoms with van der Waals surface area (Å²) < 4.78 is 12.3. The lowest BCUT2D eigenvalue weighted by Gasteiger charge is -2.32. The molecule has 1 aliphatic carbocycles. The maximum Gasteiger partial charge on any atom is 0.494 e. The van der Waals surface area contributed by atoms with Crippen LogP contribution in [0.25, 0.3) is 0 Å². The van der Waals surface area contributed by atoms with E-state index in [1.807, 2.05) is 12.1 Å². The number of nitriles is 1. The Bertz CT molecular complexity index is 596. The van der Waals surface area contributed by atoms with E-state index in [9.17, 15) is 5.26 Å². The molecule has 0 atom stereocenters. The van der Waals surface area contributed by atoms with Crippen LogP contribution in [0.1, 0.15) is 58.9 Å². The lowest BCUT2D eigenvalue weighted by Crippen LogP contribution is -2.41. The Morgan fingerprint density at radius 2 is 1.64 bits per heavy atom. The van der Waals surface area contributed by atoms with Crippen molar-refractivity contribution in [3.63, 3.8) is 0 Å². The number of benzene rings is 1. The molecule has 0 spiro atoms. The molecule has 116 valence electrons. The van der Waals surface area contributed by atoms with E-state index in [-0.39, 0.29) is 23.7 Å². The molecule has 1 saturated carbocycles. The first kappa shape index (κ1) is 15.6. The predicted octanol–water partition coefficient (Wildman–Crippen LogP) is 3.32. The maximum absolute atomic E-state index is 9.68. The fraction of sp³-hybridized carbons (Fsp3) is 0.611. The summed E-state index contributed by atoms with van der Waals surface area (Å²) in [7, 11) is -0.359. The average molecular weight is 297 g/mol. The number of nitrogens with zero attached hydrogens (tertiary/aromatic N) is 1. The minimum Gasteiger partial charge on any atom is -0.399 e. The molecule has 1 aromatic rings. The standard InChI is InChI=1S/C18H24BNO2/c1-16(2)17(3,4)22-19(21-16)15-9-7-8-14(12-15)18(13-20)10-5-6-11-18/h7-9,12H,5-6,10-11H2,1-4H3. The van der Waals surface area contributed by atoms with Gasteiger partial charge in [-0.1, -0.05) is 37.1 Å². The van der Waals surface area contributed by atoms with Gasteiger partial charge in [0.15, 0.2) is 0 Å². The van der Waals surface area contributed by atoms with Gasteiger partial charge in [0, 0.05) is 0 Å². The Hall–Kier alpha value is -1.31. The summed E-state index contributed by atoms with van der Waals surface area (Å²) in [5.74, 6) is 0. The van der Waals surface area contributed by atoms with E-state index in [1.54, 1.807) is 0 Å². The first-order valence-electron chi connectivity index (χ1n) is 8.17. The van der Waals surface area contributed by atoms with Crippen LogP contribution in [0.15, 0.2) is 24.3 Å². The van der Waals surface area contributed by atoms with Crippen LogP contribution in [0.2, 0.25) is 0 Å². The second-order valence-corrected chi connectivity index (χ2v) is 7.61. The summed E-state index contributed by atoms with van der Waals surface area (Å²) in [6.07, 6.45) is 4.18. The summed E-state index contributed by atoms with van der Waals surface area (Å²) in [6.45, 7) is 8.24. The van der Waals surface area contributed by atoms with Gasteiger partial charge in [-0.25, -0.2) is 0 Å². The van der Waals surface area contributed by atoms with Crippen molar-refractivity contribution < 1.29 is 9.31 Å². The van der Waals surface area contributed by atoms with Crippen molar-refractivity contribution in [1.29, 1.82) is 5.26 Å². The quantitative estimate of drug-likeness (QED) is 0.786. The molecule has 3 nitrogen and oxygen atoms in total. The monoisotopic (exact) mass is 297 g/mol. The van der Waals surface area contributed by atoms with Gasteiger partial charge in [-0.3, -0.25) is 0 Å². The van der Waals surface area contributed by atoms with Crippen LogP contribution in [-0.4, -0.2) is 18.3 Å². The number of rotatable bonds is 2. The molecule has 1 heterocycles. The fourth-order valence-electron chi connectivity index (χ4n) is 3.41. The largest absolute Gasteiger partial charge is 0.494 e. The minimum atomic E-state index is -0.359. The molecular formula is C18H24BNO2. The molecule has 0 amide bonds. The van der Waals surface area contributed by atoms with Crippen LogP contribution in [0.3, 0.4) is 0 Å². The zero-order chi connectivity index (χ0) is 16.0. The lowest BCUT2D eigenvalue weighted by molar-refractivity contribution is 0.00578. The third-order valence-corrected chi connectivity index (χ3v) is 5.64. The summed E-state index contributed by atoms with van der Waals surface area (Å²) >= 11 is 0. The van der Waals surface area contributed by atoms with Gasteiger partial charge in [-0.15, -0.1) is 0 Å². The third-order valence-electron chi connectivity index (χ3n) is 5.64. The third kappa shape index (κ3) is 2.37. The molecule has 1 aromatic carbocycles. The molecule has 22 heavy (non-hydrogen) atoms. The SMILES string of the molecule is CC1(C)OB(c2cccc(C3(C#N)CCCC3)c2)OC1(C)C. The topological polar surface area (TPSA) is 42.2 Å². The molecule has 0 radical (unpaired) electrons. The van der Waals surface area contributed by atoms with Crippen LogP contribution in [-0.2, 0) is 14.7 Å². The highest BCUT2D eigenvalue weighted by Crippen LogP contribution is 2.41. The Morgan fingerprint density at radius 3 is 2.18 bits per heavy atom. The Labute approximate surface area is 133 Å². The van der Waals surface area contributed by atoms with Crippen molar-refractivity contribution in [1.82, 2.24) is 0 Å². The van der Waals surface area contributed by atoms with E-state index >= 15 is 0 Å². The van der Waals surface area contributed by atoms with E-state index in [1.165, 1.54) is 0 Å². The summed E-state index contributed by atoms with van der Waals surface area (Å²) in [5, 5.41) is 9.68. The fourth-order valence-corrected chi connectivity index (χ4v) is 3.41. The smallest absolute Gasteiger partial charge is 0.399 e. The maximum atomic E-state index is 9.68. The van der Waals surface area contributed by atoms with Crippen LogP contribution in [0, 0.1) is 11.3 Å².